The Labute approximate surface area is 182 Å². The Morgan fingerprint density at radius 2 is 1.87 bits per heavy atom. The minimum Gasteiger partial charge on any atom is -0.357 e. The maximum Gasteiger partial charge on any atom is 0.227 e. The van der Waals surface area contributed by atoms with Crippen molar-refractivity contribution in [1.82, 2.24) is 15.1 Å². The number of benzene rings is 1. The van der Waals surface area contributed by atoms with Gasteiger partial charge >= 0.3 is 0 Å². The van der Waals surface area contributed by atoms with Crippen LogP contribution in [0.5, 0.6) is 0 Å². The van der Waals surface area contributed by atoms with Crippen molar-refractivity contribution in [3.63, 3.8) is 0 Å². The first-order valence-electron chi connectivity index (χ1n) is 11.0. The van der Waals surface area contributed by atoms with Crippen LogP contribution in [0.1, 0.15) is 56.9 Å². The number of pyridine rings is 1. The van der Waals surface area contributed by atoms with E-state index in [9.17, 15) is 4.79 Å². The summed E-state index contributed by atoms with van der Waals surface area (Å²) >= 11 is 0. The standard InChI is InChI=1S/C24H29N5O2/c1-17(2)18-6-8-19(9-7-18)24-27-23(31-28-24)13-12-22(30)26-20-10-11-21(25-16-20)29-14-4-3-5-15-29/h6-11,16-17H,3-5,12-15H2,1-2H3,(H,26,30). The van der Waals surface area contributed by atoms with Gasteiger partial charge in [0.1, 0.15) is 5.82 Å². The highest BCUT2D eigenvalue weighted by molar-refractivity contribution is 5.90. The number of anilines is 2. The third-order valence-electron chi connectivity index (χ3n) is 5.58. The van der Waals surface area contributed by atoms with Crippen LogP contribution >= 0.6 is 0 Å². The van der Waals surface area contributed by atoms with Gasteiger partial charge in [-0.1, -0.05) is 43.3 Å². The zero-order valence-electron chi connectivity index (χ0n) is 18.2. The first-order valence-corrected chi connectivity index (χ1v) is 11.0. The number of nitrogens with zero attached hydrogens (tertiary/aromatic N) is 4. The lowest BCUT2D eigenvalue weighted by molar-refractivity contribution is -0.116. The van der Waals surface area contributed by atoms with Crippen molar-refractivity contribution in [3.05, 3.63) is 54.0 Å². The van der Waals surface area contributed by atoms with Crippen LogP contribution in [0.15, 0.2) is 47.1 Å². The molecule has 3 aromatic rings. The molecule has 31 heavy (non-hydrogen) atoms. The van der Waals surface area contributed by atoms with Crippen LogP contribution in [-0.4, -0.2) is 34.1 Å². The highest BCUT2D eigenvalue weighted by Crippen LogP contribution is 2.21. The molecule has 1 N–H and O–H groups in total. The number of aryl methyl sites for hydroxylation is 1. The van der Waals surface area contributed by atoms with Crippen molar-refractivity contribution < 1.29 is 9.32 Å². The molecule has 0 spiro atoms. The molecule has 0 radical (unpaired) electrons. The SMILES string of the molecule is CC(C)c1ccc(-c2noc(CCC(=O)Nc3ccc(N4CCCCC4)nc3)n2)cc1. The van der Waals surface area contributed by atoms with Crippen molar-refractivity contribution in [2.24, 2.45) is 0 Å². The summed E-state index contributed by atoms with van der Waals surface area (Å²) in [5.41, 5.74) is 2.87. The van der Waals surface area contributed by atoms with E-state index in [-0.39, 0.29) is 12.3 Å². The fourth-order valence-corrected chi connectivity index (χ4v) is 3.70. The molecular weight excluding hydrogens is 390 g/mol. The number of hydrogen-bond acceptors (Lipinski definition) is 6. The van der Waals surface area contributed by atoms with Gasteiger partial charge in [-0.2, -0.15) is 4.98 Å². The second-order valence-corrected chi connectivity index (χ2v) is 8.29. The van der Waals surface area contributed by atoms with Crippen molar-refractivity contribution in [2.45, 2.75) is 51.9 Å². The number of piperidine rings is 1. The van der Waals surface area contributed by atoms with Gasteiger partial charge in [-0.3, -0.25) is 4.79 Å². The van der Waals surface area contributed by atoms with Crippen molar-refractivity contribution in [1.29, 1.82) is 0 Å². The molecule has 7 heteroatoms. The number of carbonyl (C=O) groups excluding carboxylic acids is 1. The molecule has 0 bridgehead atoms. The second kappa shape index (κ2) is 9.73. The van der Waals surface area contributed by atoms with E-state index in [2.05, 4.69) is 51.3 Å². The van der Waals surface area contributed by atoms with E-state index in [0.717, 1.165) is 24.5 Å². The number of rotatable bonds is 7. The third kappa shape index (κ3) is 5.48. The molecule has 1 fully saturated rings. The van der Waals surface area contributed by atoms with E-state index in [1.54, 1.807) is 6.20 Å². The highest BCUT2D eigenvalue weighted by atomic mass is 16.5. The first-order chi connectivity index (χ1) is 15.1. The number of amides is 1. The highest BCUT2D eigenvalue weighted by Gasteiger charge is 2.13. The minimum absolute atomic E-state index is 0.103. The normalized spacial score (nSPS) is 14.1. The van der Waals surface area contributed by atoms with Crippen LogP contribution in [0.3, 0.4) is 0 Å². The molecule has 3 heterocycles. The van der Waals surface area contributed by atoms with E-state index < -0.39 is 0 Å². The largest absolute Gasteiger partial charge is 0.357 e. The maximum absolute atomic E-state index is 12.3. The van der Waals surface area contributed by atoms with E-state index in [1.807, 2.05) is 24.3 Å². The van der Waals surface area contributed by atoms with Crippen LogP contribution < -0.4 is 10.2 Å². The quantitative estimate of drug-likeness (QED) is 0.591. The lowest BCUT2D eigenvalue weighted by Gasteiger charge is -2.27. The van der Waals surface area contributed by atoms with Crippen molar-refractivity contribution in [2.75, 3.05) is 23.3 Å². The Balaban J connectivity index is 1.28. The fourth-order valence-electron chi connectivity index (χ4n) is 3.70. The summed E-state index contributed by atoms with van der Waals surface area (Å²) in [4.78, 5) is 23.5. The lowest BCUT2D eigenvalue weighted by Crippen LogP contribution is -2.30. The van der Waals surface area contributed by atoms with Crippen LogP contribution in [0, 0.1) is 0 Å². The third-order valence-corrected chi connectivity index (χ3v) is 5.58. The Hall–Kier alpha value is -3.22. The van der Waals surface area contributed by atoms with Gasteiger partial charge in [0, 0.05) is 31.5 Å². The Bertz CT molecular complexity index is 990. The van der Waals surface area contributed by atoms with Gasteiger partial charge in [0.25, 0.3) is 0 Å². The summed E-state index contributed by atoms with van der Waals surface area (Å²) < 4.78 is 5.32. The van der Waals surface area contributed by atoms with Crippen LogP contribution in [-0.2, 0) is 11.2 Å². The summed E-state index contributed by atoms with van der Waals surface area (Å²) in [5.74, 6) is 2.34. The minimum atomic E-state index is -0.103. The molecule has 7 nitrogen and oxygen atoms in total. The van der Waals surface area contributed by atoms with Gasteiger partial charge < -0.3 is 14.7 Å². The predicted molar refractivity (Wildman–Crippen MR) is 121 cm³/mol. The topological polar surface area (TPSA) is 84.2 Å². The van der Waals surface area contributed by atoms with Gasteiger partial charge in [-0.05, 0) is 42.9 Å². The lowest BCUT2D eigenvalue weighted by atomic mass is 10.0. The van der Waals surface area contributed by atoms with Gasteiger partial charge in [-0.25, -0.2) is 4.98 Å². The summed E-state index contributed by atoms with van der Waals surface area (Å²) in [6.45, 7) is 6.41. The van der Waals surface area contributed by atoms with E-state index in [1.165, 1.54) is 24.8 Å². The molecule has 4 rings (SSSR count). The maximum atomic E-state index is 12.3. The summed E-state index contributed by atoms with van der Waals surface area (Å²) in [6.07, 6.45) is 6.08. The Morgan fingerprint density at radius 1 is 1.10 bits per heavy atom. The second-order valence-electron chi connectivity index (χ2n) is 8.29. The van der Waals surface area contributed by atoms with Gasteiger partial charge in [-0.15, -0.1) is 0 Å². The molecule has 1 amide bonds. The van der Waals surface area contributed by atoms with E-state index in [4.69, 9.17) is 4.52 Å². The van der Waals surface area contributed by atoms with Crippen LogP contribution in [0.25, 0.3) is 11.4 Å². The monoisotopic (exact) mass is 419 g/mol. The fraction of sp³-hybridized carbons (Fsp3) is 0.417. The molecular formula is C24H29N5O2. The number of carbonyl (C=O) groups is 1. The molecule has 0 atom stereocenters. The summed E-state index contributed by atoms with van der Waals surface area (Å²) in [5, 5.41) is 6.93. The van der Waals surface area contributed by atoms with Crippen LogP contribution in [0.4, 0.5) is 11.5 Å². The smallest absolute Gasteiger partial charge is 0.227 e. The summed E-state index contributed by atoms with van der Waals surface area (Å²) in [7, 11) is 0. The number of nitrogens with one attached hydrogen (secondary N) is 1. The molecule has 0 unspecified atom stereocenters. The Kier molecular flexibility index (Phi) is 6.60. The zero-order valence-corrected chi connectivity index (χ0v) is 18.2. The number of hydrogen-bond donors (Lipinski definition) is 1. The van der Waals surface area contributed by atoms with Crippen molar-refractivity contribution in [3.8, 4) is 11.4 Å². The molecule has 1 aliphatic rings. The molecule has 0 aliphatic carbocycles. The van der Waals surface area contributed by atoms with E-state index >= 15 is 0 Å². The molecule has 1 aromatic carbocycles. The first kappa shape index (κ1) is 21.0. The molecule has 1 saturated heterocycles. The average Bonchev–Trinajstić information content (AvgIpc) is 3.28. The van der Waals surface area contributed by atoms with E-state index in [0.29, 0.717) is 29.7 Å². The molecule has 2 aromatic heterocycles. The predicted octanol–water partition coefficient (Wildman–Crippen LogP) is 4.82. The number of aromatic nitrogens is 3. The van der Waals surface area contributed by atoms with Gasteiger partial charge in [0.15, 0.2) is 0 Å². The molecule has 0 saturated carbocycles. The average molecular weight is 420 g/mol. The molecule has 1 aliphatic heterocycles. The van der Waals surface area contributed by atoms with Gasteiger partial charge in [0.2, 0.25) is 17.6 Å². The zero-order chi connectivity index (χ0) is 21.6. The van der Waals surface area contributed by atoms with Crippen molar-refractivity contribution >= 4 is 17.4 Å². The summed E-state index contributed by atoms with van der Waals surface area (Å²) in [6, 6.07) is 12.0. The van der Waals surface area contributed by atoms with Gasteiger partial charge in [0.05, 0.1) is 11.9 Å². The molecule has 162 valence electrons. The Morgan fingerprint density at radius 3 is 2.55 bits per heavy atom. The van der Waals surface area contributed by atoms with Crippen LogP contribution in [0.2, 0.25) is 0 Å².